The molecule has 1 aromatic carbocycles. The quantitative estimate of drug-likeness (QED) is 0.783. The van der Waals surface area contributed by atoms with Crippen molar-refractivity contribution in [3.63, 3.8) is 0 Å². The lowest BCUT2D eigenvalue weighted by Gasteiger charge is -2.31. The molecule has 0 N–H and O–H groups in total. The first-order valence-electron chi connectivity index (χ1n) is 6.30. The van der Waals surface area contributed by atoms with Crippen LogP contribution in [0.25, 0.3) is 0 Å². The summed E-state index contributed by atoms with van der Waals surface area (Å²) < 4.78 is 17.1. The van der Waals surface area contributed by atoms with Crippen LogP contribution in [-0.4, -0.2) is 18.5 Å². The number of nitrogens with zero attached hydrogens (tertiary/aromatic N) is 1. The van der Waals surface area contributed by atoms with Crippen molar-refractivity contribution in [3.8, 4) is 6.07 Å². The minimum absolute atomic E-state index is 0.387. The third-order valence-corrected chi connectivity index (χ3v) is 3.70. The summed E-state index contributed by atoms with van der Waals surface area (Å²) in [7, 11) is -0.652. The van der Waals surface area contributed by atoms with E-state index in [-0.39, 0.29) is 11.2 Å². The summed E-state index contributed by atoms with van der Waals surface area (Å²) in [5, 5.41) is 8.72. The van der Waals surface area contributed by atoms with Crippen LogP contribution in [0.15, 0.2) is 24.3 Å². The fraction of sp³-hybridized carbons (Fsp3) is 0.500. The Morgan fingerprint density at radius 1 is 1.11 bits per heavy atom. The molecule has 1 aromatic rings. The maximum Gasteiger partial charge on any atom is 0.640 e. The Labute approximate surface area is 114 Å². The fourth-order valence-corrected chi connectivity index (χ4v) is 1.70. The van der Waals surface area contributed by atoms with E-state index in [0.29, 0.717) is 12.2 Å². The Kier molecular flexibility index (Phi) is 3.68. The SMILES string of the molecule is CC1(C)OB(OCc2ccc(C#N)cc2)OC1(C)C. The van der Waals surface area contributed by atoms with Gasteiger partial charge in [-0.2, -0.15) is 5.26 Å². The van der Waals surface area contributed by atoms with Crippen molar-refractivity contribution >= 4 is 7.32 Å². The molecule has 0 unspecified atom stereocenters. The van der Waals surface area contributed by atoms with Crippen molar-refractivity contribution in [2.24, 2.45) is 0 Å². The summed E-state index contributed by atoms with van der Waals surface area (Å²) >= 11 is 0. The van der Waals surface area contributed by atoms with Gasteiger partial charge in [-0.05, 0) is 45.4 Å². The molecule has 1 aliphatic heterocycles. The predicted octanol–water partition coefficient (Wildman–Crippen LogP) is 2.66. The number of nitriles is 1. The second-order valence-electron chi connectivity index (χ2n) is 5.66. The molecule has 2 rings (SSSR count). The third-order valence-electron chi connectivity index (χ3n) is 3.70. The first-order valence-corrected chi connectivity index (χ1v) is 6.30. The van der Waals surface area contributed by atoms with E-state index in [1.54, 1.807) is 12.1 Å². The van der Waals surface area contributed by atoms with E-state index in [2.05, 4.69) is 6.07 Å². The topological polar surface area (TPSA) is 51.5 Å². The fourth-order valence-electron chi connectivity index (χ4n) is 1.70. The molecular weight excluding hydrogens is 241 g/mol. The molecule has 0 aromatic heterocycles. The lowest BCUT2D eigenvalue weighted by Crippen LogP contribution is -2.41. The van der Waals surface area contributed by atoms with Gasteiger partial charge in [-0.25, -0.2) is 0 Å². The molecule has 0 amide bonds. The zero-order valence-corrected chi connectivity index (χ0v) is 11.8. The second-order valence-corrected chi connectivity index (χ2v) is 5.66. The van der Waals surface area contributed by atoms with Gasteiger partial charge < -0.3 is 14.0 Å². The second kappa shape index (κ2) is 4.97. The van der Waals surface area contributed by atoms with Crippen LogP contribution in [-0.2, 0) is 20.6 Å². The van der Waals surface area contributed by atoms with Gasteiger partial charge in [-0.3, -0.25) is 0 Å². The number of hydrogen-bond donors (Lipinski definition) is 0. The first kappa shape index (κ1) is 14.1. The predicted molar refractivity (Wildman–Crippen MR) is 72.0 cm³/mol. The van der Waals surface area contributed by atoms with Gasteiger partial charge in [0.05, 0.1) is 29.4 Å². The highest BCUT2D eigenvalue weighted by atomic mass is 16.8. The van der Waals surface area contributed by atoms with E-state index < -0.39 is 7.32 Å². The van der Waals surface area contributed by atoms with Gasteiger partial charge in [0.25, 0.3) is 0 Å². The smallest absolute Gasteiger partial charge is 0.382 e. The van der Waals surface area contributed by atoms with Crippen LogP contribution in [0, 0.1) is 11.3 Å². The first-order chi connectivity index (χ1) is 8.84. The summed E-state index contributed by atoms with van der Waals surface area (Å²) in [6, 6.07) is 9.35. The molecule has 1 fully saturated rings. The molecule has 0 saturated carbocycles. The molecule has 1 saturated heterocycles. The van der Waals surface area contributed by atoms with E-state index in [4.69, 9.17) is 19.2 Å². The Bertz CT molecular complexity index is 474. The van der Waals surface area contributed by atoms with Gasteiger partial charge in [-0.15, -0.1) is 0 Å². The van der Waals surface area contributed by atoms with E-state index >= 15 is 0 Å². The number of benzene rings is 1. The minimum atomic E-state index is -0.652. The summed E-state index contributed by atoms with van der Waals surface area (Å²) in [5.41, 5.74) is 0.845. The van der Waals surface area contributed by atoms with Crippen molar-refractivity contribution in [3.05, 3.63) is 35.4 Å². The maximum atomic E-state index is 8.72. The summed E-state index contributed by atoms with van der Waals surface area (Å²) in [6.07, 6.45) is 0. The summed E-state index contributed by atoms with van der Waals surface area (Å²) in [4.78, 5) is 0. The molecule has 5 heteroatoms. The van der Waals surface area contributed by atoms with Crippen molar-refractivity contribution in [2.45, 2.75) is 45.5 Å². The Hall–Kier alpha value is -1.35. The van der Waals surface area contributed by atoms with E-state index in [0.717, 1.165) is 5.56 Å². The zero-order chi connectivity index (χ0) is 14.1. The Balaban J connectivity index is 1.92. The molecule has 19 heavy (non-hydrogen) atoms. The van der Waals surface area contributed by atoms with Crippen LogP contribution in [0.2, 0.25) is 0 Å². The molecule has 0 aliphatic carbocycles. The van der Waals surface area contributed by atoms with Gasteiger partial charge in [-0.1, -0.05) is 12.1 Å². The largest absolute Gasteiger partial charge is 0.640 e. The third kappa shape index (κ3) is 2.98. The molecule has 1 heterocycles. The Morgan fingerprint density at radius 2 is 1.63 bits per heavy atom. The average Bonchev–Trinajstić information content (AvgIpc) is 2.56. The van der Waals surface area contributed by atoms with Crippen LogP contribution in [0.1, 0.15) is 38.8 Å². The molecule has 1 aliphatic rings. The molecular formula is C14H18BNO3. The van der Waals surface area contributed by atoms with Crippen molar-refractivity contribution < 1.29 is 14.0 Å². The van der Waals surface area contributed by atoms with Gasteiger partial charge in [0.1, 0.15) is 0 Å². The van der Waals surface area contributed by atoms with Gasteiger partial charge >= 0.3 is 7.32 Å². The van der Waals surface area contributed by atoms with Crippen LogP contribution >= 0.6 is 0 Å². The molecule has 0 bridgehead atoms. The summed E-state index contributed by atoms with van der Waals surface area (Å²) in [5.74, 6) is 0. The molecule has 100 valence electrons. The lowest BCUT2D eigenvalue weighted by molar-refractivity contribution is 0.00578. The van der Waals surface area contributed by atoms with E-state index in [1.165, 1.54) is 0 Å². The van der Waals surface area contributed by atoms with Crippen LogP contribution in [0.4, 0.5) is 0 Å². The minimum Gasteiger partial charge on any atom is -0.382 e. The zero-order valence-electron chi connectivity index (χ0n) is 11.8. The van der Waals surface area contributed by atoms with Gasteiger partial charge in [0.15, 0.2) is 0 Å². The molecule has 4 nitrogen and oxygen atoms in total. The summed E-state index contributed by atoms with van der Waals surface area (Å²) in [6.45, 7) is 8.33. The van der Waals surface area contributed by atoms with Crippen LogP contribution < -0.4 is 0 Å². The van der Waals surface area contributed by atoms with Gasteiger partial charge in [0.2, 0.25) is 0 Å². The molecule has 0 atom stereocenters. The highest BCUT2D eigenvalue weighted by Crippen LogP contribution is 2.37. The average molecular weight is 259 g/mol. The molecule has 0 radical (unpaired) electrons. The van der Waals surface area contributed by atoms with E-state index in [9.17, 15) is 0 Å². The number of rotatable bonds is 3. The lowest BCUT2D eigenvalue weighted by atomic mass is 9.90. The normalized spacial score (nSPS) is 20.3. The van der Waals surface area contributed by atoms with Crippen LogP contribution in [0.3, 0.4) is 0 Å². The van der Waals surface area contributed by atoms with Crippen LogP contribution in [0.5, 0.6) is 0 Å². The standard InChI is InChI=1S/C14H18BNO3/c1-13(2)14(3,4)19-15(18-13)17-10-12-7-5-11(9-16)6-8-12/h5-8H,10H2,1-4H3. The van der Waals surface area contributed by atoms with Crippen molar-refractivity contribution in [1.82, 2.24) is 0 Å². The maximum absolute atomic E-state index is 8.72. The highest BCUT2D eigenvalue weighted by molar-refractivity contribution is 6.37. The monoisotopic (exact) mass is 259 g/mol. The van der Waals surface area contributed by atoms with Gasteiger partial charge in [0, 0.05) is 0 Å². The number of hydrogen-bond acceptors (Lipinski definition) is 4. The molecule has 0 spiro atoms. The Morgan fingerprint density at radius 3 is 2.11 bits per heavy atom. The van der Waals surface area contributed by atoms with Crippen molar-refractivity contribution in [1.29, 1.82) is 5.26 Å². The highest BCUT2D eigenvalue weighted by Gasteiger charge is 2.52. The van der Waals surface area contributed by atoms with Crippen molar-refractivity contribution in [2.75, 3.05) is 0 Å². The van der Waals surface area contributed by atoms with E-state index in [1.807, 2.05) is 39.8 Å².